The van der Waals surface area contributed by atoms with E-state index in [-0.39, 0.29) is 30.3 Å². The number of nitrogens with zero attached hydrogens (tertiary/aromatic N) is 1. The molecule has 8 nitrogen and oxygen atoms in total. The van der Waals surface area contributed by atoms with E-state index < -0.39 is 29.6 Å². The molecule has 3 heterocycles. The third kappa shape index (κ3) is 4.59. The van der Waals surface area contributed by atoms with Crippen molar-refractivity contribution in [1.82, 2.24) is 10.2 Å². The monoisotopic (exact) mass is 549 g/mol. The number of benzene rings is 2. The molecule has 2 saturated heterocycles. The maximum Gasteiger partial charge on any atom is 0.246 e. The summed E-state index contributed by atoms with van der Waals surface area (Å²) in [7, 11) is 1.60. The highest BCUT2D eigenvalue weighted by Crippen LogP contribution is 2.55. The van der Waals surface area contributed by atoms with Crippen molar-refractivity contribution in [3.8, 4) is 5.75 Å². The highest BCUT2D eigenvalue weighted by atomic mass is 35.5. The summed E-state index contributed by atoms with van der Waals surface area (Å²) in [5, 5.41) is 6.61. The van der Waals surface area contributed by atoms with Crippen LogP contribution in [0.4, 0.5) is 5.69 Å². The normalized spacial score (nSPS) is 29.4. The van der Waals surface area contributed by atoms with E-state index in [1.165, 1.54) is 6.42 Å². The predicted octanol–water partition coefficient (Wildman–Crippen LogP) is 4.09. The lowest BCUT2D eigenvalue weighted by Gasteiger charge is -2.34. The van der Waals surface area contributed by atoms with Crippen molar-refractivity contribution in [2.45, 2.75) is 62.4 Å². The number of hydrogen-bond acceptors (Lipinski definition) is 5. The molecule has 39 heavy (non-hydrogen) atoms. The smallest absolute Gasteiger partial charge is 0.246 e. The summed E-state index contributed by atoms with van der Waals surface area (Å²) < 4.78 is 11.7. The molecule has 0 aromatic heterocycles. The van der Waals surface area contributed by atoms with Crippen molar-refractivity contribution in [3.05, 3.63) is 71.3 Å². The van der Waals surface area contributed by atoms with E-state index in [0.29, 0.717) is 16.5 Å². The molecule has 1 saturated carbocycles. The fraction of sp³-hybridized carbons (Fsp3) is 0.433. The number of likely N-dealkylation sites (tertiary alicyclic amines) is 1. The Morgan fingerprint density at radius 1 is 1.10 bits per heavy atom. The number of fused-ring (bicyclic) bond motifs is 1. The van der Waals surface area contributed by atoms with Gasteiger partial charge >= 0.3 is 0 Å². The lowest BCUT2D eigenvalue weighted by molar-refractivity contribution is -0.142. The molecular formula is C30H32ClN3O5. The molecule has 2 aromatic rings. The van der Waals surface area contributed by atoms with Crippen molar-refractivity contribution in [1.29, 1.82) is 0 Å². The van der Waals surface area contributed by atoms with Crippen LogP contribution in [-0.2, 0) is 25.7 Å². The molecule has 1 aliphatic carbocycles. The molecule has 3 fully saturated rings. The van der Waals surface area contributed by atoms with Gasteiger partial charge in [0.15, 0.2) is 0 Å². The van der Waals surface area contributed by atoms with Crippen LogP contribution in [0.2, 0.25) is 5.02 Å². The van der Waals surface area contributed by atoms with Gasteiger partial charge in [0, 0.05) is 23.3 Å². The number of amides is 3. The molecule has 2 bridgehead atoms. The Balaban J connectivity index is 1.32. The first-order valence-electron chi connectivity index (χ1n) is 13.6. The average Bonchev–Trinajstić information content (AvgIpc) is 3.57. The third-order valence-electron chi connectivity index (χ3n) is 8.48. The Hall–Kier alpha value is -3.36. The van der Waals surface area contributed by atoms with Gasteiger partial charge in [-0.15, -0.1) is 0 Å². The van der Waals surface area contributed by atoms with Crippen molar-refractivity contribution < 1.29 is 23.9 Å². The first-order valence-corrected chi connectivity index (χ1v) is 13.9. The largest absolute Gasteiger partial charge is 0.497 e. The van der Waals surface area contributed by atoms with Crippen LogP contribution in [-0.4, -0.2) is 53.5 Å². The Kier molecular flexibility index (Phi) is 6.85. The van der Waals surface area contributed by atoms with Gasteiger partial charge in [0.2, 0.25) is 17.7 Å². The summed E-state index contributed by atoms with van der Waals surface area (Å²) in [6.07, 6.45) is 8.22. The molecule has 0 radical (unpaired) electrons. The highest BCUT2D eigenvalue weighted by Gasteiger charge is 2.72. The molecule has 2 aromatic carbocycles. The summed E-state index contributed by atoms with van der Waals surface area (Å²) in [6.45, 7) is 0.217. The zero-order chi connectivity index (χ0) is 27.1. The fourth-order valence-corrected chi connectivity index (χ4v) is 6.87. The second-order valence-corrected chi connectivity index (χ2v) is 11.3. The molecule has 3 aliphatic heterocycles. The van der Waals surface area contributed by atoms with Gasteiger partial charge in [0.05, 0.1) is 25.0 Å². The van der Waals surface area contributed by atoms with Crippen molar-refractivity contribution in [3.63, 3.8) is 0 Å². The van der Waals surface area contributed by atoms with E-state index in [1.54, 1.807) is 36.3 Å². The maximum atomic E-state index is 14.1. The van der Waals surface area contributed by atoms with E-state index >= 15 is 0 Å². The number of methoxy groups -OCH3 is 1. The standard InChI is InChI=1S/C30H32ClN3O5/c1-38-22-12-10-18(11-13-22)17-34-26(28(36)32-20-7-3-2-4-8-20)30-15-14-23(39-30)24(25(30)29(34)37)27(35)33-21-9-5-6-19(31)16-21/h5-6,9-16,20,23-26H,2-4,7-8,17H2,1H3,(H,32,36)(H,33,35)/t23-,24?,25-,26?,30?/m1/s1. The van der Waals surface area contributed by atoms with E-state index in [2.05, 4.69) is 10.6 Å². The highest BCUT2D eigenvalue weighted by molar-refractivity contribution is 6.30. The Bertz CT molecular complexity index is 1310. The Labute approximate surface area is 232 Å². The topological polar surface area (TPSA) is 97.0 Å². The van der Waals surface area contributed by atoms with Gasteiger partial charge in [-0.2, -0.15) is 0 Å². The first-order chi connectivity index (χ1) is 18.9. The molecule has 204 valence electrons. The van der Waals surface area contributed by atoms with Crippen LogP contribution in [0.1, 0.15) is 37.7 Å². The van der Waals surface area contributed by atoms with Crippen LogP contribution in [0.15, 0.2) is 60.7 Å². The summed E-state index contributed by atoms with van der Waals surface area (Å²) in [4.78, 5) is 43.2. The minimum atomic E-state index is -1.21. The maximum absolute atomic E-state index is 14.1. The van der Waals surface area contributed by atoms with Crippen molar-refractivity contribution in [2.75, 3.05) is 12.4 Å². The van der Waals surface area contributed by atoms with E-state index in [1.807, 2.05) is 36.4 Å². The molecule has 5 atom stereocenters. The zero-order valence-electron chi connectivity index (χ0n) is 21.8. The molecule has 6 rings (SSSR count). The van der Waals surface area contributed by atoms with Gasteiger partial charge in [0.25, 0.3) is 0 Å². The number of halogens is 1. The van der Waals surface area contributed by atoms with Gasteiger partial charge in [-0.05, 0) is 48.7 Å². The number of carbonyl (C=O) groups excluding carboxylic acids is 3. The molecule has 3 amide bonds. The van der Waals surface area contributed by atoms with E-state index in [0.717, 1.165) is 31.2 Å². The number of ether oxygens (including phenoxy) is 2. The van der Waals surface area contributed by atoms with Crippen molar-refractivity contribution in [2.24, 2.45) is 11.8 Å². The minimum absolute atomic E-state index is 0.0733. The SMILES string of the molecule is COc1ccc(CN2C(=O)[C@H]3C(C(=O)Nc4cccc(Cl)c4)[C@H]4C=CC3(O4)C2C(=O)NC2CCCCC2)cc1. The number of hydrogen-bond donors (Lipinski definition) is 2. The Morgan fingerprint density at radius 2 is 1.87 bits per heavy atom. The van der Waals surface area contributed by atoms with Crippen LogP contribution in [0, 0.1) is 11.8 Å². The van der Waals surface area contributed by atoms with Crippen LogP contribution in [0.5, 0.6) is 5.75 Å². The molecular weight excluding hydrogens is 518 g/mol. The molecule has 3 unspecified atom stereocenters. The van der Waals surface area contributed by atoms with Crippen molar-refractivity contribution >= 4 is 35.0 Å². The van der Waals surface area contributed by atoms with Crippen LogP contribution >= 0.6 is 11.6 Å². The Morgan fingerprint density at radius 3 is 2.59 bits per heavy atom. The van der Waals surface area contributed by atoms with Gasteiger partial charge in [-0.3, -0.25) is 14.4 Å². The van der Waals surface area contributed by atoms with Gasteiger partial charge in [0.1, 0.15) is 17.4 Å². The molecule has 2 N–H and O–H groups in total. The fourth-order valence-electron chi connectivity index (χ4n) is 6.68. The van der Waals surface area contributed by atoms with E-state index in [9.17, 15) is 14.4 Å². The third-order valence-corrected chi connectivity index (χ3v) is 8.72. The zero-order valence-corrected chi connectivity index (χ0v) is 22.5. The van der Waals surface area contributed by atoms with Gasteiger partial charge in [-0.1, -0.05) is 61.2 Å². The second kappa shape index (κ2) is 10.3. The number of anilines is 1. The molecule has 9 heteroatoms. The molecule has 4 aliphatic rings. The number of carbonyl (C=O) groups is 3. The quantitative estimate of drug-likeness (QED) is 0.507. The summed E-state index contributed by atoms with van der Waals surface area (Å²) in [5.41, 5.74) is 0.193. The minimum Gasteiger partial charge on any atom is -0.497 e. The van der Waals surface area contributed by atoms with Crippen LogP contribution in [0.3, 0.4) is 0 Å². The average molecular weight is 550 g/mol. The second-order valence-electron chi connectivity index (χ2n) is 10.9. The number of nitrogens with one attached hydrogen (secondary N) is 2. The predicted molar refractivity (Wildman–Crippen MR) is 146 cm³/mol. The van der Waals surface area contributed by atoms with Gasteiger partial charge in [-0.25, -0.2) is 0 Å². The molecule has 1 spiro atoms. The first kappa shape index (κ1) is 25.9. The number of rotatable bonds is 7. The lowest BCUT2D eigenvalue weighted by atomic mass is 9.74. The summed E-state index contributed by atoms with van der Waals surface area (Å²) >= 11 is 6.11. The van der Waals surface area contributed by atoms with Crippen LogP contribution in [0.25, 0.3) is 0 Å². The summed E-state index contributed by atoms with van der Waals surface area (Å²) in [5.74, 6) is -1.69. The lowest BCUT2D eigenvalue weighted by Crippen LogP contribution is -2.56. The summed E-state index contributed by atoms with van der Waals surface area (Å²) in [6, 6.07) is 13.5. The van der Waals surface area contributed by atoms with Crippen LogP contribution < -0.4 is 15.4 Å². The van der Waals surface area contributed by atoms with E-state index in [4.69, 9.17) is 21.1 Å². The van der Waals surface area contributed by atoms with Gasteiger partial charge < -0.3 is 25.0 Å².